The number of benzene rings is 2. The van der Waals surface area contributed by atoms with E-state index in [9.17, 15) is 9.59 Å². The Morgan fingerprint density at radius 1 is 1.21 bits per heavy atom. The standard InChI is InChI=1S/C19H15Cl2N5O3/c1-29-14-4-2-10(3-5-14)17-23-19-24-18(28)15(26(19)25-17)9-16(27)22-13-7-11(20)6-12(21)8-13/h2-8,15H,9H2,1H3,(H,22,27)(H,23,24,25,28). The summed E-state index contributed by atoms with van der Waals surface area (Å²) in [6.45, 7) is 0. The number of hydrogen-bond donors (Lipinski definition) is 2. The Labute approximate surface area is 175 Å². The van der Waals surface area contributed by atoms with E-state index in [4.69, 9.17) is 27.9 Å². The van der Waals surface area contributed by atoms with Crippen molar-refractivity contribution in [3.05, 3.63) is 52.5 Å². The molecular formula is C19H15Cl2N5O3. The summed E-state index contributed by atoms with van der Waals surface area (Å²) in [5.41, 5.74) is 1.21. The molecule has 148 valence electrons. The number of anilines is 2. The van der Waals surface area contributed by atoms with E-state index in [1.54, 1.807) is 37.4 Å². The van der Waals surface area contributed by atoms with Crippen molar-refractivity contribution in [2.75, 3.05) is 17.7 Å². The molecule has 1 aliphatic heterocycles. The molecule has 0 radical (unpaired) electrons. The van der Waals surface area contributed by atoms with Crippen LogP contribution in [0.3, 0.4) is 0 Å². The highest BCUT2D eigenvalue weighted by molar-refractivity contribution is 6.35. The van der Waals surface area contributed by atoms with Gasteiger partial charge in [-0.05, 0) is 42.5 Å². The van der Waals surface area contributed by atoms with Crippen molar-refractivity contribution in [1.82, 2.24) is 14.8 Å². The van der Waals surface area contributed by atoms with E-state index in [2.05, 4.69) is 20.7 Å². The number of nitrogens with one attached hydrogen (secondary N) is 2. The second kappa shape index (κ2) is 7.73. The highest BCUT2D eigenvalue weighted by Crippen LogP contribution is 2.29. The van der Waals surface area contributed by atoms with Gasteiger partial charge in [-0.15, -0.1) is 5.10 Å². The third kappa shape index (κ3) is 4.03. The van der Waals surface area contributed by atoms with Crippen LogP contribution in [0, 0.1) is 0 Å². The van der Waals surface area contributed by atoms with Gasteiger partial charge in [0.25, 0.3) is 5.91 Å². The molecule has 3 aromatic rings. The number of aromatic nitrogens is 3. The lowest BCUT2D eigenvalue weighted by Gasteiger charge is -2.10. The van der Waals surface area contributed by atoms with E-state index >= 15 is 0 Å². The van der Waals surface area contributed by atoms with Crippen molar-refractivity contribution in [1.29, 1.82) is 0 Å². The zero-order chi connectivity index (χ0) is 20.5. The SMILES string of the molecule is COc1ccc(-c2nc3n(n2)C(CC(=O)Nc2cc(Cl)cc(Cl)c2)C(=O)N3)cc1. The Bertz CT molecular complexity index is 1080. The van der Waals surface area contributed by atoms with Crippen LogP contribution in [0.25, 0.3) is 11.4 Å². The maximum absolute atomic E-state index is 12.4. The van der Waals surface area contributed by atoms with Gasteiger partial charge in [0.1, 0.15) is 11.8 Å². The van der Waals surface area contributed by atoms with Crippen LogP contribution in [-0.2, 0) is 9.59 Å². The molecule has 2 aromatic carbocycles. The van der Waals surface area contributed by atoms with Crippen LogP contribution in [0.1, 0.15) is 12.5 Å². The molecule has 2 N–H and O–H groups in total. The minimum atomic E-state index is -0.806. The molecule has 1 atom stereocenters. The number of rotatable bonds is 5. The highest BCUT2D eigenvalue weighted by atomic mass is 35.5. The van der Waals surface area contributed by atoms with Gasteiger partial charge in [0.15, 0.2) is 5.82 Å². The summed E-state index contributed by atoms with van der Waals surface area (Å²) >= 11 is 11.9. The summed E-state index contributed by atoms with van der Waals surface area (Å²) < 4.78 is 6.56. The number of fused-ring (bicyclic) bond motifs is 1. The summed E-state index contributed by atoms with van der Waals surface area (Å²) in [7, 11) is 1.58. The fraction of sp³-hybridized carbons (Fsp3) is 0.158. The predicted molar refractivity (Wildman–Crippen MR) is 109 cm³/mol. The van der Waals surface area contributed by atoms with Crippen molar-refractivity contribution in [3.63, 3.8) is 0 Å². The molecule has 1 aromatic heterocycles. The fourth-order valence-electron chi connectivity index (χ4n) is 2.99. The number of carbonyl (C=O) groups is 2. The molecule has 10 heteroatoms. The summed E-state index contributed by atoms with van der Waals surface area (Å²) in [6, 6.07) is 11.1. The molecule has 0 fully saturated rings. The number of methoxy groups -OCH3 is 1. The molecule has 0 saturated carbocycles. The second-order valence-corrected chi connectivity index (χ2v) is 7.22. The van der Waals surface area contributed by atoms with Crippen LogP contribution in [0.15, 0.2) is 42.5 Å². The van der Waals surface area contributed by atoms with Gasteiger partial charge >= 0.3 is 0 Å². The molecule has 1 unspecified atom stereocenters. The molecule has 2 amide bonds. The summed E-state index contributed by atoms with van der Waals surface area (Å²) in [5.74, 6) is 0.724. The molecule has 8 nitrogen and oxygen atoms in total. The number of ether oxygens (including phenoxy) is 1. The van der Waals surface area contributed by atoms with Crippen molar-refractivity contribution < 1.29 is 14.3 Å². The van der Waals surface area contributed by atoms with Crippen LogP contribution in [0.2, 0.25) is 10.0 Å². The quantitative estimate of drug-likeness (QED) is 0.640. The third-order valence-electron chi connectivity index (χ3n) is 4.34. The Kier molecular flexibility index (Phi) is 5.12. The Morgan fingerprint density at radius 3 is 2.55 bits per heavy atom. The average molecular weight is 432 g/mol. The lowest BCUT2D eigenvalue weighted by atomic mass is 10.2. The number of amides is 2. The van der Waals surface area contributed by atoms with E-state index in [0.717, 1.165) is 5.56 Å². The van der Waals surface area contributed by atoms with E-state index < -0.39 is 6.04 Å². The molecule has 1 aliphatic rings. The first-order valence-electron chi connectivity index (χ1n) is 8.61. The summed E-state index contributed by atoms with van der Waals surface area (Å²) in [6.07, 6.45) is -0.117. The summed E-state index contributed by atoms with van der Waals surface area (Å²) in [5, 5.41) is 10.5. The highest BCUT2D eigenvalue weighted by Gasteiger charge is 2.35. The predicted octanol–water partition coefficient (Wildman–Crippen LogP) is 3.78. The average Bonchev–Trinajstić information content (AvgIpc) is 3.20. The van der Waals surface area contributed by atoms with Gasteiger partial charge in [0, 0.05) is 21.3 Å². The van der Waals surface area contributed by atoms with Gasteiger partial charge in [-0.1, -0.05) is 23.2 Å². The summed E-state index contributed by atoms with van der Waals surface area (Å²) in [4.78, 5) is 29.1. The molecule has 0 spiro atoms. The topological polar surface area (TPSA) is 98.1 Å². The first-order chi connectivity index (χ1) is 13.9. The zero-order valence-electron chi connectivity index (χ0n) is 15.1. The van der Waals surface area contributed by atoms with Crippen LogP contribution in [-0.4, -0.2) is 33.7 Å². The monoisotopic (exact) mass is 431 g/mol. The first-order valence-corrected chi connectivity index (χ1v) is 9.36. The van der Waals surface area contributed by atoms with Crippen LogP contribution in [0.5, 0.6) is 5.75 Å². The van der Waals surface area contributed by atoms with Gasteiger partial charge < -0.3 is 10.1 Å². The van der Waals surface area contributed by atoms with Crippen LogP contribution in [0.4, 0.5) is 11.6 Å². The number of halogens is 2. The Hall–Kier alpha value is -3.10. The van der Waals surface area contributed by atoms with Gasteiger partial charge in [0.2, 0.25) is 11.9 Å². The third-order valence-corrected chi connectivity index (χ3v) is 4.77. The molecule has 0 bridgehead atoms. The minimum absolute atomic E-state index is 0.117. The van der Waals surface area contributed by atoms with Gasteiger partial charge in [-0.3, -0.25) is 14.9 Å². The smallest absolute Gasteiger partial charge is 0.252 e. The molecule has 0 aliphatic carbocycles. The first kappa shape index (κ1) is 19.2. The maximum atomic E-state index is 12.4. The van der Waals surface area contributed by atoms with Crippen LogP contribution < -0.4 is 15.4 Å². The van der Waals surface area contributed by atoms with Gasteiger partial charge in [-0.25, -0.2) is 4.68 Å². The fourth-order valence-corrected chi connectivity index (χ4v) is 3.51. The van der Waals surface area contributed by atoms with Crippen molar-refractivity contribution in [2.24, 2.45) is 0 Å². The molecule has 0 saturated heterocycles. The van der Waals surface area contributed by atoms with E-state index in [1.807, 2.05) is 12.1 Å². The van der Waals surface area contributed by atoms with Crippen molar-refractivity contribution >= 4 is 46.7 Å². The normalized spacial score (nSPS) is 15.0. The molecule has 29 heavy (non-hydrogen) atoms. The molecule has 4 rings (SSSR count). The molecule has 2 heterocycles. The van der Waals surface area contributed by atoms with Crippen molar-refractivity contribution in [3.8, 4) is 17.1 Å². The van der Waals surface area contributed by atoms with E-state index in [-0.39, 0.29) is 18.2 Å². The lowest BCUT2D eigenvalue weighted by molar-refractivity contribution is -0.123. The van der Waals surface area contributed by atoms with E-state index in [0.29, 0.717) is 33.3 Å². The Morgan fingerprint density at radius 2 is 1.90 bits per heavy atom. The number of nitrogens with zero attached hydrogens (tertiary/aromatic N) is 3. The van der Waals surface area contributed by atoms with Gasteiger partial charge in [-0.2, -0.15) is 4.98 Å². The lowest BCUT2D eigenvalue weighted by Crippen LogP contribution is -2.23. The maximum Gasteiger partial charge on any atom is 0.252 e. The minimum Gasteiger partial charge on any atom is -0.497 e. The number of hydrogen-bond acceptors (Lipinski definition) is 5. The van der Waals surface area contributed by atoms with Crippen molar-refractivity contribution in [2.45, 2.75) is 12.5 Å². The van der Waals surface area contributed by atoms with Gasteiger partial charge in [0.05, 0.1) is 13.5 Å². The molecular weight excluding hydrogens is 417 g/mol. The van der Waals surface area contributed by atoms with Crippen LogP contribution >= 0.6 is 23.2 Å². The Balaban J connectivity index is 1.51. The number of carbonyl (C=O) groups excluding carboxylic acids is 2. The zero-order valence-corrected chi connectivity index (χ0v) is 16.7. The van der Waals surface area contributed by atoms with E-state index in [1.165, 1.54) is 4.68 Å². The largest absolute Gasteiger partial charge is 0.497 e. The second-order valence-electron chi connectivity index (χ2n) is 6.35.